The second-order valence-corrected chi connectivity index (χ2v) is 10.9. The Bertz CT molecular complexity index is 1040. The van der Waals surface area contributed by atoms with Crippen LogP contribution in [-0.4, -0.2) is 62.2 Å². The zero-order valence-electron chi connectivity index (χ0n) is 21.4. The van der Waals surface area contributed by atoms with E-state index >= 15 is 0 Å². The number of hydrogen-bond acceptors (Lipinski definition) is 4. The lowest BCUT2D eigenvalue weighted by atomic mass is 9.86. The molecule has 0 unspecified atom stereocenters. The lowest BCUT2D eigenvalue weighted by molar-refractivity contribution is -0.133. The van der Waals surface area contributed by atoms with Gasteiger partial charge < -0.3 is 14.9 Å². The Kier molecular flexibility index (Phi) is 8.05. The number of aliphatic hydroxyl groups excluding tert-OH is 1. The second-order valence-electron chi connectivity index (χ2n) is 10.9. The van der Waals surface area contributed by atoms with Crippen LogP contribution < -0.4 is 0 Å². The van der Waals surface area contributed by atoms with Crippen molar-refractivity contribution in [3.05, 3.63) is 52.8 Å². The van der Waals surface area contributed by atoms with Gasteiger partial charge in [-0.2, -0.15) is 5.10 Å². The van der Waals surface area contributed by atoms with Gasteiger partial charge in [0.05, 0.1) is 6.10 Å². The van der Waals surface area contributed by atoms with Crippen LogP contribution in [0.5, 0.6) is 0 Å². The van der Waals surface area contributed by atoms with Gasteiger partial charge in [-0.25, -0.2) is 0 Å². The van der Waals surface area contributed by atoms with Gasteiger partial charge in [0.15, 0.2) is 5.69 Å². The second kappa shape index (κ2) is 11.6. The predicted octanol–water partition coefficient (Wildman–Crippen LogP) is 3.97. The minimum atomic E-state index is -0.327. The highest BCUT2D eigenvalue weighted by Gasteiger charge is 2.33. The van der Waals surface area contributed by atoms with E-state index < -0.39 is 0 Å². The summed E-state index contributed by atoms with van der Waals surface area (Å²) < 4.78 is 2.03. The molecule has 7 heteroatoms. The molecule has 2 aromatic rings. The molecule has 2 amide bonds. The topological polar surface area (TPSA) is 78.7 Å². The highest BCUT2D eigenvalue weighted by Crippen LogP contribution is 2.30. The van der Waals surface area contributed by atoms with Crippen molar-refractivity contribution in [2.45, 2.75) is 89.8 Å². The molecule has 3 aliphatic rings. The van der Waals surface area contributed by atoms with Crippen LogP contribution in [0.2, 0.25) is 0 Å². The van der Waals surface area contributed by atoms with Crippen molar-refractivity contribution < 1.29 is 14.7 Å². The zero-order chi connectivity index (χ0) is 24.9. The molecule has 2 fully saturated rings. The molecule has 3 heterocycles. The quantitative estimate of drug-likeness (QED) is 0.634. The van der Waals surface area contributed by atoms with Crippen LogP contribution in [-0.2, 0) is 30.7 Å². The van der Waals surface area contributed by atoms with Crippen LogP contribution >= 0.6 is 0 Å². The van der Waals surface area contributed by atoms with Crippen molar-refractivity contribution in [2.75, 3.05) is 19.6 Å². The maximum absolute atomic E-state index is 13.5. The molecule has 1 aromatic carbocycles. The summed E-state index contributed by atoms with van der Waals surface area (Å²) in [5, 5.41) is 14.7. The van der Waals surface area contributed by atoms with Gasteiger partial charge in [-0.05, 0) is 50.0 Å². The van der Waals surface area contributed by atoms with Gasteiger partial charge in [0.25, 0.3) is 5.91 Å². The van der Waals surface area contributed by atoms with Crippen molar-refractivity contribution in [3.8, 4) is 0 Å². The first kappa shape index (κ1) is 25.0. The van der Waals surface area contributed by atoms with Crippen molar-refractivity contribution in [1.29, 1.82) is 0 Å². The van der Waals surface area contributed by atoms with Crippen LogP contribution in [0.25, 0.3) is 0 Å². The third-order valence-electron chi connectivity index (χ3n) is 8.31. The van der Waals surface area contributed by atoms with Crippen LogP contribution in [0.4, 0.5) is 0 Å². The highest BCUT2D eigenvalue weighted by molar-refractivity contribution is 5.94. The molecule has 0 atom stereocenters. The average molecular weight is 493 g/mol. The fraction of sp³-hybridized carbons (Fsp3) is 0.621. The minimum absolute atomic E-state index is 0.0541. The number of carbonyl (C=O) groups excluding carboxylic acids is 2. The van der Waals surface area contributed by atoms with Gasteiger partial charge in [0, 0.05) is 56.8 Å². The number of hydrogen-bond donors (Lipinski definition) is 1. The molecular formula is C29H40N4O3. The first-order valence-corrected chi connectivity index (χ1v) is 14.0. The molecule has 0 radical (unpaired) electrons. The number of aromatic nitrogens is 2. The van der Waals surface area contributed by atoms with Gasteiger partial charge in [-0.15, -0.1) is 0 Å². The number of fused-ring (bicyclic) bond motifs is 1. The van der Waals surface area contributed by atoms with Gasteiger partial charge in [0.1, 0.15) is 0 Å². The first-order chi connectivity index (χ1) is 17.6. The number of benzene rings is 1. The van der Waals surface area contributed by atoms with E-state index in [-0.39, 0.29) is 17.9 Å². The monoisotopic (exact) mass is 492 g/mol. The average Bonchev–Trinajstić information content (AvgIpc) is 3.28. The van der Waals surface area contributed by atoms with E-state index in [1.807, 2.05) is 20.5 Å². The van der Waals surface area contributed by atoms with Crippen molar-refractivity contribution >= 4 is 11.8 Å². The van der Waals surface area contributed by atoms with Crippen LogP contribution in [0.3, 0.4) is 0 Å². The smallest absolute Gasteiger partial charge is 0.274 e. The number of aliphatic hydroxyl groups is 1. The summed E-state index contributed by atoms with van der Waals surface area (Å²) in [6.07, 6.45) is 10.3. The molecule has 5 rings (SSSR count). The maximum atomic E-state index is 13.5. The number of nitrogens with zero attached hydrogens (tertiary/aromatic N) is 4. The lowest BCUT2D eigenvalue weighted by Crippen LogP contribution is -2.41. The number of likely N-dealkylation sites (tertiary alicyclic amines) is 1. The summed E-state index contributed by atoms with van der Waals surface area (Å²) in [5.41, 5.74) is 3.87. The standard InChI is InChI=1S/C29H40N4O3/c34-24-13-17-31(18-14-24)29(36)28-25-21-32(27(35)20-23-10-5-2-6-11-23)19-15-26(25)33(30-28)16-7-12-22-8-3-1-4-9-22/h1,3-4,8-9,23-24,34H,2,5-7,10-21H2. The lowest BCUT2D eigenvalue weighted by Gasteiger charge is -2.31. The Labute approximate surface area is 214 Å². The van der Waals surface area contributed by atoms with Crippen LogP contribution in [0.1, 0.15) is 85.1 Å². The summed E-state index contributed by atoms with van der Waals surface area (Å²) in [6.45, 7) is 3.06. The van der Waals surface area contributed by atoms with Gasteiger partial charge in [0.2, 0.25) is 5.91 Å². The molecule has 36 heavy (non-hydrogen) atoms. The molecule has 1 N–H and O–H groups in total. The molecule has 0 spiro atoms. The van der Waals surface area contributed by atoms with E-state index in [2.05, 4.69) is 24.3 Å². The van der Waals surface area contributed by atoms with E-state index in [1.165, 1.54) is 24.8 Å². The van der Waals surface area contributed by atoms with Gasteiger partial charge in [-0.3, -0.25) is 14.3 Å². The highest BCUT2D eigenvalue weighted by atomic mass is 16.3. The Morgan fingerprint density at radius 2 is 1.69 bits per heavy atom. The van der Waals surface area contributed by atoms with Crippen molar-refractivity contribution in [1.82, 2.24) is 19.6 Å². The molecule has 1 saturated carbocycles. The SMILES string of the molecule is O=C(CC1CCCCC1)N1CCc2c(c(C(=O)N3CCC(O)CC3)nn2CCCc2ccccc2)C1. The van der Waals surface area contributed by atoms with E-state index in [9.17, 15) is 14.7 Å². The summed E-state index contributed by atoms with van der Waals surface area (Å²) in [5.74, 6) is 0.680. The largest absolute Gasteiger partial charge is 0.393 e. The normalized spacial score (nSPS) is 19.4. The third kappa shape index (κ3) is 5.83. The minimum Gasteiger partial charge on any atom is -0.393 e. The van der Waals surface area contributed by atoms with E-state index in [4.69, 9.17) is 5.10 Å². The molecule has 0 bridgehead atoms. The molecule has 7 nitrogen and oxygen atoms in total. The Morgan fingerprint density at radius 1 is 0.944 bits per heavy atom. The molecule has 1 saturated heterocycles. The van der Waals surface area contributed by atoms with Crippen molar-refractivity contribution in [2.24, 2.45) is 5.92 Å². The van der Waals surface area contributed by atoms with E-state index in [0.717, 1.165) is 49.9 Å². The maximum Gasteiger partial charge on any atom is 0.274 e. The number of rotatable bonds is 7. The van der Waals surface area contributed by atoms with Gasteiger partial charge >= 0.3 is 0 Å². The zero-order valence-corrected chi connectivity index (χ0v) is 21.4. The van der Waals surface area contributed by atoms with E-state index in [0.29, 0.717) is 57.1 Å². The number of aryl methyl sites for hydroxylation is 2. The fourth-order valence-corrected chi connectivity index (χ4v) is 6.12. The first-order valence-electron chi connectivity index (χ1n) is 14.0. The number of piperidine rings is 1. The summed E-state index contributed by atoms with van der Waals surface area (Å²) in [7, 11) is 0. The Morgan fingerprint density at radius 3 is 2.44 bits per heavy atom. The Balaban J connectivity index is 1.32. The van der Waals surface area contributed by atoms with Crippen LogP contribution in [0, 0.1) is 5.92 Å². The number of carbonyl (C=O) groups is 2. The predicted molar refractivity (Wildman–Crippen MR) is 138 cm³/mol. The van der Waals surface area contributed by atoms with Crippen molar-refractivity contribution in [3.63, 3.8) is 0 Å². The van der Waals surface area contributed by atoms with Crippen LogP contribution in [0.15, 0.2) is 30.3 Å². The Hall–Kier alpha value is -2.67. The summed E-state index contributed by atoms with van der Waals surface area (Å²) >= 11 is 0. The van der Waals surface area contributed by atoms with Gasteiger partial charge in [-0.1, -0.05) is 49.6 Å². The fourth-order valence-electron chi connectivity index (χ4n) is 6.12. The van der Waals surface area contributed by atoms with E-state index in [1.54, 1.807) is 0 Å². The molecular weight excluding hydrogens is 452 g/mol. The molecule has 1 aliphatic carbocycles. The molecule has 194 valence electrons. The molecule has 2 aliphatic heterocycles. The number of amides is 2. The molecule has 1 aromatic heterocycles. The summed E-state index contributed by atoms with van der Waals surface area (Å²) in [6, 6.07) is 10.5. The summed E-state index contributed by atoms with van der Waals surface area (Å²) in [4.78, 5) is 30.5. The third-order valence-corrected chi connectivity index (χ3v) is 8.31.